The van der Waals surface area contributed by atoms with Crippen molar-refractivity contribution in [1.82, 2.24) is 14.8 Å². The van der Waals surface area contributed by atoms with Crippen LogP contribution in [0.15, 0.2) is 36.5 Å². The molecule has 1 atom stereocenters. The Morgan fingerprint density at radius 1 is 1.14 bits per heavy atom. The van der Waals surface area contributed by atoms with E-state index in [0.29, 0.717) is 12.2 Å². The maximum Gasteiger partial charge on any atom is 0.155 e. The fourth-order valence-electron chi connectivity index (χ4n) is 3.54. The van der Waals surface area contributed by atoms with E-state index in [0.717, 1.165) is 49.2 Å². The average Bonchev–Trinajstić information content (AvgIpc) is 2.56. The summed E-state index contributed by atoms with van der Waals surface area (Å²) < 4.78 is 0. The molecule has 1 unspecified atom stereocenters. The third kappa shape index (κ3) is 2.34. The summed E-state index contributed by atoms with van der Waals surface area (Å²) in [5, 5.41) is 1.10. The molecule has 3 aliphatic heterocycles. The van der Waals surface area contributed by atoms with Crippen molar-refractivity contribution in [1.29, 1.82) is 0 Å². The van der Waals surface area contributed by atoms with E-state index in [4.69, 9.17) is 0 Å². The predicted octanol–water partition coefficient (Wildman–Crippen LogP) is 1.35. The molecule has 21 heavy (non-hydrogen) atoms. The van der Waals surface area contributed by atoms with E-state index in [1.807, 2.05) is 30.5 Å². The number of carbonyl (C=O) groups excluding carboxylic acids is 1. The van der Waals surface area contributed by atoms with Crippen LogP contribution in [0.4, 0.5) is 0 Å². The number of rotatable bonds is 3. The van der Waals surface area contributed by atoms with Gasteiger partial charge < -0.3 is 0 Å². The normalized spacial score (nSPS) is 27.9. The highest BCUT2D eigenvalue weighted by Gasteiger charge is 2.35. The lowest BCUT2D eigenvalue weighted by Crippen LogP contribution is -2.63. The quantitative estimate of drug-likeness (QED) is 0.851. The second-order valence-corrected chi connectivity index (χ2v) is 5.98. The molecule has 1 aromatic carbocycles. The molecule has 0 spiro atoms. The van der Waals surface area contributed by atoms with Crippen LogP contribution in [-0.4, -0.2) is 59.3 Å². The molecule has 2 aromatic rings. The molecule has 4 heteroatoms. The molecule has 4 nitrogen and oxygen atoms in total. The summed E-state index contributed by atoms with van der Waals surface area (Å²) >= 11 is 0. The SMILES string of the molecule is O=C(Cc1ccnc2ccccc12)C1CN2CCN1CC2. The van der Waals surface area contributed by atoms with Crippen LogP contribution in [0.1, 0.15) is 5.56 Å². The number of Topliss-reactive ketones (excluding diaryl/α,β-unsaturated/α-hetero) is 1. The van der Waals surface area contributed by atoms with E-state index in [9.17, 15) is 4.79 Å². The minimum atomic E-state index is 0.0828. The van der Waals surface area contributed by atoms with Crippen molar-refractivity contribution in [3.63, 3.8) is 0 Å². The summed E-state index contributed by atoms with van der Waals surface area (Å²) in [6, 6.07) is 10.1. The maximum absolute atomic E-state index is 12.7. The van der Waals surface area contributed by atoms with Gasteiger partial charge in [-0.2, -0.15) is 0 Å². The lowest BCUT2D eigenvalue weighted by molar-refractivity contribution is -0.128. The number of nitrogens with zero attached hydrogens (tertiary/aromatic N) is 3. The van der Waals surface area contributed by atoms with Crippen molar-refractivity contribution in [3.8, 4) is 0 Å². The van der Waals surface area contributed by atoms with Gasteiger partial charge in [0.2, 0.25) is 0 Å². The predicted molar refractivity (Wildman–Crippen MR) is 82.3 cm³/mol. The van der Waals surface area contributed by atoms with Gasteiger partial charge in [0, 0.05) is 50.7 Å². The highest BCUT2D eigenvalue weighted by molar-refractivity contribution is 5.91. The Bertz CT molecular complexity index is 671. The number of hydrogen-bond donors (Lipinski definition) is 0. The number of fused-ring (bicyclic) bond motifs is 4. The van der Waals surface area contributed by atoms with Crippen molar-refractivity contribution in [3.05, 3.63) is 42.1 Å². The first kappa shape index (κ1) is 12.9. The zero-order chi connectivity index (χ0) is 14.2. The molecule has 108 valence electrons. The molecule has 2 bridgehead atoms. The second kappa shape index (κ2) is 5.20. The van der Waals surface area contributed by atoms with E-state index >= 15 is 0 Å². The zero-order valence-corrected chi connectivity index (χ0v) is 12.0. The van der Waals surface area contributed by atoms with Gasteiger partial charge in [-0.25, -0.2) is 0 Å². The Morgan fingerprint density at radius 3 is 2.71 bits per heavy atom. The molecule has 5 rings (SSSR count). The monoisotopic (exact) mass is 281 g/mol. The minimum absolute atomic E-state index is 0.0828. The summed E-state index contributed by atoms with van der Waals surface area (Å²) in [5.74, 6) is 0.343. The summed E-state index contributed by atoms with van der Waals surface area (Å²) in [6.45, 7) is 5.20. The maximum atomic E-state index is 12.7. The fraction of sp³-hybridized carbons (Fsp3) is 0.412. The number of para-hydroxylation sites is 1. The first-order chi connectivity index (χ1) is 10.3. The van der Waals surface area contributed by atoms with E-state index in [1.165, 1.54) is 0 Å². The molecule has 0 aliphatic carbocycles. The van der Waals surface area contributed by atoms with Gasteiger partial charge in [0.05, 0.1) is 11.6 Å². The Hall–Kier alpha value is -1.78. The standard InChI is InChI=1S/C17H19N3O/c21-17(16-12-19-7-9-20(16)10-8-19)11-13-5-6-18-15-4-2-1-3-14(13)15/h1-6,16H,7-12H2. The molecular weight excluding hydrogens is 262 g/mol. The molecule has 0 N–H and O–H groups in total. The molecule has 3 fully saturated rings. The van der Waals surface area contributed by atoms with Crippen molar-refractivity contribution in [2.24, 2.45) is 0 Å². The highest BCUT2D eigenvalue weighted by Crippen LogP contribution is 2.21. The van der Waals surface area contributed by atoms with Crippen LogP contribution < -0.4 is 0 Å². The molecule has 3 aliphatic rings. The number of pyridine rings is 1. The van der Waals surface area contributed by atoms with Crippen LogP contribution in [0.25, 0.3) is 10.9 Å². The fourth-order valence-corrected chi connectivity index (χ4v) is 3.54. The number of carbonyl (C=O) groups is 1. The summed E-state index contributed by atoms with van der Waals surface area (Å²) in [4.78, 5) is 21.8. The van der Waals surface area contributed by atoms with E-state index in [1.54, 1.807) is 0 Å². The molecule has 0 radical (unpaired) electrons. The number of ketones is 1. The molecule has 1 aromatic heterocycles. The van der Waals surface area contributed by atoms with Gasteiger partial charge in [0.25, 0.3) is 0 Å². The molecule has 4 heterocycles. The Balaban J connectivity index is 1.58. The molecular formula is C17H19N3O. The van der Waals surface area contributed by atoms with Gasteiger partial charge in [-0.05, 0) is 17.7 Å². The van der Waals surface area contributed by atoms with Crippen molar-refractivity contribution >= 4 is 16.7 Å². The smallest absolute Gasteiger partial charge is 0.155 e. The number of hydrogen-bond acceptors (Lipinski definition) is 4. The second-order valence-electron chi connectivity index (χ2n) is 5.98. The first-order valence-corrected chi connectivity index (χ1v) is 7.63. The van der Waals surface area contributed by atoms with Crippen LogP contribution in [0, 0.1) is 0 Å². The Kier molecular flexibility index (Phi) is 3.20. The van der Waals surface area contributed by atoms with Gasteiger partial charge in [0.1, 0.15) is 0 Å². The molecule has 0 amide bonds. The molecule has 3 saturated heterocycles. The van der Waals surface area contributed by atoms with Crippen LogP contribution >= 0.6 is 0 Å². The van der Waals surface area contributed by atoms with Crippen LogP contribution in [0.2, 0.25) is 0 Å². The summed E-state index contributed by atoms with van der Waals surface area (Å²) in [7, 11) is 0. The minimum Gasteiger partial charge on any atom is -0.299 e. The van der Waals surface area contributed by atoms with E-state index in [2.05, 4.69) is 20.9 Å². The van der Waals surface area contributed by atoms with Crippen LogP contribution in [-0.2, 0) is 11.2 Å². The van der Waals surface area contributed by atoms with Crippen LogP contribution in [0.5, 0.6) is 0 Å². The largest absolute Gasteiger partial charge is 0.299 e. The van der Waals surface area contributed by atoms with Gasteiger partial charge in [-0.3, -0.25) is 19.6 Å². The Morgan fingerprint density at radius 2 is 1.95 bits per heavy atom. The van der Waals surface area contributed by atoms with Gasteiger partial charge in [-0.15, -0.1) is 0 Å². The van der Waals surface area contributed by atoms with Crippen LogP contribution in [0.3, 0.4) is 0 Å². The topological polar surface area (TPSA) is 36.4 Å². The average molecular weight is 281 g/mol. The first-order valence-electron chi connectivity index (χ1n) is 7.63. The van der Waals surface area contributed by atoms with Crippen molar-refractivity contribution in [2.75, 3.05) is 32.7 Å². The summed E-state index contributed by atoms with van der Waals surface area (Å²) in [6.07, 6.45) is 2.32. The summed E-state index contributed by atoms with van der Waals surface area (Å²) in [5.41, 5.74) is 2.07. The number of aromatic nitrogens is 1. The molecule has 0 saturated carbocycles. The van der Waals surface area contributed by atoms with Gasteiger partial charge >= 0.3 is 0 Å². The van der Waals surface area contributed by atoms with Gasteiger partial charge in [-0.1, -0.05) is 18.2 Å². The lowest BCUT2D eigenvalue weighted by atomic mass is 9.96. The van der Waals surface area contributed by atoms with E-state index < -0.39 is 0 Å². The van der Waals surface area contributed by atoms with Gasteiger partial charge in [0.15, 0.2) is 5.78 Å². The number of piperazine rings is 3. The lowest BCUT2D eigenvalue weighted by Gasteiger charge is -2.46. The number of benzene rings is 1. The van der Waals surface area contributed by atoms with E-state index in [-0.39, 0.29) is 6.04 Å². The third-order valence-electron chi connectivity index (χ3n) is 4.75. The zero-order valence-electron chi connectivity index (χ0n) is 12.0. The highest BCUT2D eigenvalue weighted by atomic mass is 16.1. The van der Waals surface area contributed by atoms with Crippen molar-refractivity contribution < 1.29 is 4.79 Å². The Labute approximate surface area is 124 Å². The third-order valence-corrected chi connectivity index (χ3v) is 4.75. The van der Waals surface area contributed by atoms with Crippen molar-refractivity contribution in [2.45, 2.75) is 12.5 Å².